The van der Waals surface area contributed by atoms with E-state index in [9.17, 15) is 0 Å². The van der Waals surface area contributed by atoms with Crippen molar-refractivity contribution in [3.05, 3.63) is 41.5 Å². The molecule has 0 aliphatic carbocycles. The normalized spacial score (nSPS) is 12.6. The van der Waals surface area contributed by atoms with E-state index in [-0.39, 0.29) is 0 Å². The summed E-state index contributed by atoms with van der Waals surface area (Å²) >= 11 is 1.73. The predicted molar refractivity (Wildman–Crippen MR) is 77.0 cm³/mol. The number of nitrogens with zero attached hydrogens (tertiary/aromatic N) is 2. The Morgan fingerprint density at radius 1 is 1.37 bits per heavy atom. The van der Waals surface area contributed by atoms with Crippen LogP contribution in [0.25, 0.3) is 0 Å². The predicted octanol–water partition coefficient (Wildman–Crippen LogP) is 2.81. The average Bonchev–Trinajstić information content (AvgIpc) is 2.85. The Morgan fingerprint density at radius 3 is 2.89 bits per heavy atom. The molecular formula is C14H19N3OS. The molecule has 0 saturated heterocycles. The number of nitrogens with two attached hydrogens (primary N) is 1. The van der Waals surface area contributed by atoms with E-state index in [1.54, 1.807) is 11.8 Å². The van der Waals surface area contributed by atoms with Gasteiger partial charge in [0.15, 0.2) is 5.82 Å². The molecule has 102 valence electrons. The number of hydrogen-bond acceptors (Lipinski definition) is 5. The van der Waals surface area contributed by atoms with Gasteiger partial charge in [-0.05, 0) is 31.0 Å². The standard InChI is InChI=1S/C14H19N3OS/c1-10(8-15)7-14-16-13(17-18-14)9-19-12-6-4-3-5-11(12)2/h3-6,10H,7-9,15H2,1-2H3. The Labute approximate surface area is 117 Å². The molecule has 0 bridgehead atoms. The summed E-state index contributed by atoms with van der Waals surface area (Å²) in [6, 6.07) is 8.30. The van der Waals surface area contributed by atoms with Gasteiger partial charge < -0.3 is 10.3 Å². The molecule has 5 heteroatoms. The second-order valence-electron chi connectivity index (χ2n) is 4.70. The van der Waals surface area contributed by atoms with Crippen LogP contribution in [-0.4, -0.2) is 16.7 Å². The summed E-state index contributed by atoms with van der Waals surface area (Å²) in [5, 5.41) is 4.00. The second-order valence-corrected chi connectivity index (χ2v) is 5.72. The highest BCUT2D eigenvalue weighted by Gasteiger charge is 2.10. The Morgan fingerprint density at radius 2 is 2.16 bits per heavy atom. The number of benzene rings is 1. The lowest BCUT2D eigenvalue weighted by Gasteiger charge is -2.02. The van der Waals surface area contributed by atoms with Crippen LogP contribution in [0.2, 0.25) is 0 Å². The van der Waals surface area contributed by atoms with Crippen molar-refractivity contribution < 1.29 is 4.52 Å². The fraction of sp³-hybridized carbons (Fsp3) is 0.429. The minimum Gasteiger partial charge on any atom is -0.339 e. The largest absolute Gasteiger partial charge is 0.339 e. The minimum atomic E-state index is 0.373. The van der Waals surface area contributed by atoms with Gasteiger partial charge >= 0.3 is 0 Å². The zero-order valence-electron chi connectivity index (χ0n) is 11.3. The smallest absolute Gasteiger partial charge is 0.226 e. The molecule has 2 N–H and O–H groups in total. The van der Waals surface area contributed by atoms with Gasteiger partial charge in [-0.1, -0.05) is 30.3 Å². The SMILES string of the molecule is Cc1ccccc1SCc1noc(CC(C)CN)n1. The molecule has 0 saturated carbocycles. The van der Waals surface area contributed by atoms with E-state index in [2.05, 4.69) is 36.1 Å². The van der Waals surface area contributed by atoms with Crippen molar-refractivity contribution in [3.63, 3.8) is 0 Å². The molecule has 1 unspecified atom stereocenters. The molecule has 1 heterocycles. The van der Waals surface area contributed by atoms with Crippen LogP contribution in [-0.2, 0) is 12.2 Å². The number of aromatic nitrogens is 2. The van der Waals surface area contributed by atoms with Crippen LogP contribution < -0.4 is 5.73 Å². The fourth-order valence-corrected chi connectivity index (χ4v) is 2.55. The summed E-state index contributed by atoms with van der Waals surface area (Å²) in [7, 11) is 0. The number of thioether (sulfide) groups is 1. The van der Waals surface area contributed by atoms with Gasteiger partial charge in [0, 0.05) is 11.3 Å². The van der Waals surface area contributed by atoms with Crippen LogP contribution in [0, 0.1) is 12.8 Å². The lowest BCUT2D eigenvalue weighted by molar-refractivity contribution is 0.356. The van der Waals surface area contributed by atoms with Crippen LogP contribution in [0.5, 0.6) is 0 Å². The van der Waals surface area contributed by atoms with Crippen molar-refractivity contribution in [2.45, 2.75) is 30.9 Å². The highest BCUT2D eigenvalue weighted by Crippen LogP contribution is 2.24. The van der Waals surface area contributed by atoms with E-state index in [1.165, 1.54) is 10.5 Å². The molecular weight excluding hydrogens is 258 g/mol. The van der Waals surface area contributed by atoms with Gasteiger partial charge in [0.25, 0.3) is 0 Å². The van der Waals surface area contributed by atoms with E-state index < -0.39 is 0 Å². The third-order valence-corrected chi connectivity index (χ3v) is 4.06. The summed E-state index contributed by atoms with van der Waals surface area (Å²) in [5.74, 6) is 2.52. The Balaban J connectivity index is 1.92. The van der Waals surface area contributed by atoms with Crippen molar-refractivity contribution >= 4 is 11.8 Å². The average molecular weight is 277 g/mol. The maximum absolute atomic E-state index is 5.58. The topological polar surface area (TPSA) is 64.9 Å². The van der Waals surface area contributed by atoms with E-state index >= 15 is 0 Å². The monoisotopic (exact) mass is 277 g/mol. The molecule has 1 atom stereocenters. The quantitative estimate of drug-likeness (QED) is 0.822. The molecule has 1 aromatic heterocycles. The highest BCUT2D eigenvalue weighted by atomic mass is 32.2. The van der Waals surface area contributed by atoms with E-state index in [0.717, 1.165) is 18.0 Å². The summed E-state index contributed by atoms with van der Waals surface area (Å²) in [6.45, 7) is 4.81. The van der Waals surface area contributed by atoms with Crippen LogP contribution >= 0.6 is 11.8 Å². The molecule has 19 heavy (non-hydrogen) atoms. The zero-order chi connectivity index (χ0) is 13.7. The summed E-state index contributed by atoms with van der Waals surface area (Å²) in [4.78, 5) is 5.64. The van der Waals surface area contributed by atoms with Gasteiger partial charge in [-0.3, -0.25) is 0 Å². The zero-order valence-corrected chi connectivity index (χ0v) is 12.1. The number of aryl methyl sites for hydroxylation is 1. The van der Waals surface area contributed by atoms with Gasteiger partial charge in [-0.2, -0.15) is 4.98 Å². The molecule has 1 aromatic carbocycles. The number of hydrogen-bond donors (Lipinski definition) is 1. The van der Waals surface area contributed by atoms with Crippen LogP contribution in [0.1, 0.15) is 24.2 Å². The van der Waals surface area contributed by atoms with Crippen molar-refractivity contribution in [2.75, 3.05) is 6.54 Å². The van der Waals surface area contributed by atoms with Crippen LogP contribution in [0.4, 0.5) is 0 Å². The second kappa shape index (κ2) is 6.73. The van der Waals surface area contributed by atoms with Gasteiger partial charge in [0.1, 0.15) is 0 Å². The summed E-state index contributed by atoms with van der Waals surface area (Å²) in [6.07, 6.45) is 0.749. The number of rotatable bonds is 6. The molecule has 0 fully saturated rings. The van der Waals surface area contributed by atoms with Crippen LogP contribution in [0.15, 0.2) is 33.7 Å². The van der Waals surface area contributed by atoms with Gasteiger partial charge in [0.2, 0.25) is 5.89 Å². The molecule has 0 amide bonds. The third-order valence-electron chi connectivity index (χ3n) is 2.89. The first kappa shape index (κ1) is 14.1. The molecule has 4 nitrogen and oxygen atoms in total. The Kier molecular flexibility index (Phi) is 4.99. The maximum atomic E-state index is 5.58. The summed E-state index contributed by atoms with van der Waals surface area (Å²) < 4.78 is 5.23. The van der Waals surface area contributed by atoms with Gasteiger partial charge in [-0.15, -0.1) is 11.8 Å². The Bertz CT molecular complexity index is 527. The van der Waals surface area contributed by atoms with E-state index in [1.807, 2.05) is 12.1 Å². The molecule has 0 spiro atoms. The molecule has 0 aliphatic rings. The first-order valence-corrected chi connectivity index (χ1v) is 7.37. The molecule has 2 rings (SSSR count). The maximum Gasteiger partial charge on any atom is 0.226 e. The van der Waals surface area contributed by atoms with Crippen molar-refractivity contribution in [1.29, 1.82) is 0 Å². The lowest BCUT2D eigenvalue weighted by Crippen LogP contribution is -2.13. The first-order valence-electron chi connectivity index (χ1n) is 6.39. The van der Waals surface area contributed by atoms with Gasteiger partial charge in [0.05, 0.1) is 5.75 Å². The lowest BCUT2D eigenvalue weighted by atomic mass is 10.1. The Hall–Kier alpha value is -1.33. The van der Waals surface area contributed by atoms with E-state index in [4.69, 9.17) is 10.3 Å². The molecule has 2 aromatic rings. The van der Waals surface area contributed by atoms with Gasteiger partial charge in [-0.25, -0.2) is 0 Å². The molecule has 0 radical (unpaired) electrons. The fourth-order valence-electron chi connectivity index (χ4n) is 1.67. The first-order chi connectivity index (χ1) is 9.19. The minimum absolute atomic E-state index is 0.373. The highest BCUT2D eigenvalue weighted by molar-refractivity contribution is 7.98. The third kappa shape index (κ3) is 4.08. The summed E-state index contributed by atoms with van der Waals surface area (Å²) in [5.41, 5.74) is 6.86. The van der Waals surface area contributed by atoms with E-state index in [0.29, 0.717) is 18.4 Å². The van der Waals surface area contributed by atoms with Crippen LogP contribution in [0.3, 0.4) is 0 Å². The van der Waals surface area contributed by atoms with Crippen molar-refractivity contribution in [2.24, 2.45) is 11.7 Å². The van der Waals surface area contributed by atoms with Crippen molar-refractivity contribution in [1.82, 2.24) is 10.1 Å². The molecule has 0 aliphatic heterocycles. The van der Waals surface area contributed by atoms with Crippen molar-refractivity contribution in [3.8, 4) is 0 Å².